The van der Waals surface area contributed by atoms with Crippen molar-refractivity contribution in [3.63, 3.8) is 0 Å². The molecule has 1 atom stereocenters. The molecule has 198 valence electrons. The maximum Gasteiger partial charge on any atom is 0.519 e. The number of ether oxygens (including phenoxy) is 3. The SMILES string of the molecule is Cc1oc(=O)oc1COC(=O)SC(C)(C)[C@@H](NC(=O)C(C)C)C(=O)OCCCCN1CCOCC1. The monoisotopic (exact) mass is 516 g/mol. The predicted molar refractivity (Wildman–Crippen MR) is 128 cm³/mol. The number of hydrogen-bond donors (Lipinski definition) is 1. The van der Waals surface area contributed by atoms with E-state index < -0.39 is 27.9 Å². The standard InChI is InChI=1S/C23H36N2O9S/c1-15(2)19(26)24-18(20(27)31-11-7-6-8-25-9-12-30-13-10-25)23(4,5)35-22(29)32-14-17-16(3)33-21(28)34-17/h15,18H,6-14H2,1-5H3,(H,24,26)/t18-/m0/s1. The fraction of sp³-hybridized carbons (Fsp3) is 0.739. The molecule has 0 unspecified atom stereocenters. The van der Waals surface area contributed by atoms with E-state index in [-0.39, 0.29) is 36.6 Å². The smallest absolute Gasteiger partial charge is 0.464 e. The summed E-state index contributed by atoms with van der Waals surface area (Å²) in [4.78, 5) is 51.2. The largest absolute Gasteiger partial charge is 0.519 e. The summed E-state index contributed by atoms with van der Waals surface area (Å²) in [5.41, 5.74) is 0. The van der Waals surface area contributed by atoms with Crippen molar-refractivity contribution < 1.29 is 37.4 Å². The van der Waals surface area contributed by atoms with Crippen molar-refractivity contribution in [2.24, 2.45) is 5.92 Å². The Hall–Kier alpha value is -2.31. The highest BCUT2D eigenvalue weighted by atomic mass is 32.2. The van der Waals surface area contributed by atoms with Crippen LogP contribution in [0.2, 0.25) is 0 Å². The second kappa shape index (κ2) is 13.7. The molecule has 1 amide bonds. The summed E-state index contributed by atoms with van der Waals surface area (Å²) >= 11 is 0.741. The number of hydrogen-bond acceptors (Lipinski definition) is 11. The molecule has 0 aliphatic carbocycles. The molecule has 0 radical (unpaired) electrons. The van der Waals surface area contributed by atoms with Gasteiger partial charge < -0.3 is 28.4 Å². The third kappa shape index (κ3) is 9.69. The lowest BCUT2D eigenvalue weighted by atomic mass is 10.0. The molecule has 1 saturated heterocycles. The van der Waals surface area contributed by atoms with Crippen molar-refractivity contribution in [2.75, 3.05) is 39.5 Å². The van der Waals surface area contributed by atoms with E-state index in [0.717, 1.165) is 51.0 Å². The molecule has 1 fully saturated rings. The summed E-state index contributed by atoms with van der Waals surface area (Å²) in [5.74, 6) is -1.89. The van der Waals surface area contributed by atoms with Gasteiger partial charge in [0.25, 0.3) is 0 Å². The van der Waals surface area contributed by atoms with E-state index in [2.05, 4.69) is 10.2 Å². The first-order valence-corrected chi connectivity index (χ1v) is 12.5. The number of unbranched alkanes of at least 4 members (excludes halogenated alkanes) is 1. The number of rotatable bonds is 12. The molecule has 0 bridgehead atoms. The van der Waals surface area contributed by atoms with E-state index >= 15 is 0 Å². The lowest BCUT2D eigenvalue weighted by molar-refractivity contribution is -0.149. The molecular weight excluding hydrogens is 480 g/mol. The van der Waals surface area contributed by atoms with Gasteiger partial charge in [0.1, 0.15) is 6.04 Å². The predicted octanol–water partition coefficient (Wildman–Crippen LogP) is 2.49. The zero-order valence-corrected chi connectivity index (χ0v) is 21.9. The van der Waals surface area contributed by atoms with Gasteiger partial charge in [-0.1, -0.05) is 13.8 Å². The minimum Gasteiger partial charge on any atom is -0.464 e. The lowest BCUT2D eigenvalue weighted by Crippen LogP contribution is -2.54. The maximum atomic E-state index is 12.9. The fourth-order valence-electron chi connectivity index (χ4n) is 3.28. The molecule has 1 aliphatic heterocycles. The Bertz CT molecular complexity index is 903. The Labute approximate surface area is 209 Å². The minimum atomic E-state index is -1.08. The molecule has 1 aromatic rings. The van der Waals surface area contributed by atoms with Gasteiger partial charge in [-0.2, -0.15) is 0 Å². The molecule has 1 N–H and O–H groups in total. The third-order valence-corrected chi connectivity index (χ3v) is 6.51. The van der Waals surface area contributed by atoms with Crippen LogP contribution in [0.5, 0.6) is 0 Å². The van der Waals surface area contributed by atoms with Crippen molar-refractivity contribution in [1.29, 1.82) is 0 Å². The molecule has 0 saturated carbocycles. The van der Waals surface area contributed by atoms with Gasteiger partial charge in [0.2, 0.25) is 5.91 Å². The average molecular weight is 517 g/mol. The number of carbonyl (C=O) groups is 3. The van der Waals surface area contributed by atoms with Gasteiger partial charge in [-0.25, -0.2) is 14.4 Å². The van der Waals surface area contributed by atoms with Crippen LogP contribution in [0.25, 0.3) is 0 Å². The highest BCUT2D eigenvalue weighted by Crippen LogP contribution is 2.31. The summed E-state index contributed by atoms with van der Waals surface area (Å²) in [6, 6.07) is -1.08. The van der Waals surface area contributed by atoms with E-state index in [1.807, 2.05) is 0 Å². The van der Waals surface area contributed by atoms with Crippen LogP contribution in [0, 0.1) is 12.8 Å². The van der Waals surface area contributed by atoms with Crippen LogP contribution in [-0.4, -0.2) is 72.3 Å². The van der Waals surface area contributed by atoms with Crippen molar-refractivity contribution in [3.05, 3.63) is 22.1 Å². The van der Waals surface area contributed by atoms with Crippen LogP contribution >= 0.6 is 11.8 Å². The zero-order chi connectivity index (χ0) is 26.0. The van der Waals surface area contributed by atoms with Crippen molar-refractivity contribution in [3.8, 4) is 0 Å². The maximum absolute atomic E-state index is 12.9. The van der Waals surface area contributed by atoms with Crippen LogP contribution in [-0.2, 0) is 30.4 Å². The van der Waals surface area contributed by atoms with Crippen LogP contribution < -0.4 is 11.1 Å². The number of amides is 1. The van der Waals surface area contributed by atoms with Gasteiger partial charge in [0.15, 0.2) is 18.1 Å². The lowest BCUT2D eigenvalue weighted by Gasteiger charge is -2.32. The Morgan fingerprint density at radius 2 is 1.80 bits per heavy atom. The molecule has 0 spiro atoms. The number of esters is 1. The summed E-state index contributed by atoms with van der Waals surface area (Å²) in [6.07, 6.45) is 1.54. The minimum absolute atomic E-state index is 0.0999. The topological polar surface area (TPSA) is 138 Å². The van der Waals surface area contributed by atoms with Crippen LogP contribution in [0.1, 0.15) is 52.1 Å². The number of thioether (sulfide) groups is 1. The molecular formula is C23H36N2O9S. The summed E-state index contributed by atoms with van der Waals surface area (Å²) in [7, 11) is 0. The number of nitrogens with zero attached hydrogens (tertiary/aromatic N) is 1. The number of aryl methyl sites for hydroxylation is 1. The molecule has 2 heterocycles. The quantitative estimate of drug-likeness (QED) is 0.324. The van der Waals surface area contributed by atoms with E-state index in [4.69, 9.17) is 23.0 Å². The first-order chi connectivity index (χ1) is 16.5. The number of morpholine rings is 1. The molecule has 2 rings (SSSR count). The average Bonchev–Trinajstić information content (AvgIpc) is 3.12. The van der Waals surface area contributed by atoms with E-state index in [1.54, 1.807) is 27.7 Å². The van der Waals surface area contributed by atoms with E-state index in [0.29, 0.717) is 6.42 Å². The summed E-state index contributed by atoms with van der Waals surface area (Å²) in [5, 5.41) is 1.99. The van der Waals surface area contributed by atoms with Gasteiger partial charge in [0.05, 0.1) is 24.6 Å². The van der Waals surface area contributed by atoms with Crippen molar-refractivity contribution >= 4 is 28.9 Å². The Morgan fingerprint density at radius 3 is 2.40 bits per heavy atom. The molecule has 35 heavy (non-hydrogen) atoms. The van der Waals surface area contributed by atoms with Gasteiger partial charge >= 0.3 is 17.1 Å². The summed E-state index contributed by atoms with van der Waals surface area (Å²) < 4.78 is 24.4. The Morgan fingerprint density at radius 1 is 1.11 bits per heavy atom. The van der Waals surface area contributed by atoms with Crippen LogP contribution in [0.15, 0.2) is 13.6 Å². The number of carbonyl (C=O) groups excluding carboxylic acids is 3. The van der Waals surface area contributed by atoms with Crippen LogP contribution in [0.4, 0.5) is 4.79 Å². The molecule has 11 nitrogen and oxygen atoms in total. The van der Waals surface area contributed by atoms with Gasteiger partial charge in [0, 0.05) is 19.0 Å². The fourth-order valence-corrected chi connectivity index (χ4v) is 4.10. The first-order valence-electron chi connectivity index (χ1n) is 11.7. The highest BCUT2D eigenvalue weighted by Gasteiger charge is 2.41. The molecule has 12 heteroatoms. The normalized spacial score (nSPS) is 15.6. The van der Waals surface area contributed by atoms with Gasteiger partial charge in [-0.15, -0.1) is 0 Å². The van der Waals surface area contributed by atoms with E-state index in [1.165, 1.54) is 6.92 Å². The summed E-state index contributed by atoms with van der Waals surface area (Å²) in [6.45, 7) is 12.3. The van der Waals surface area contributed by atoms with Crippen molar-refractivity contribution in [2.45, 2.75) is 64.9 Å². The van der Waals surface area contributed by atoms with Gasteiger partial charge in [-0.05, 0) is 51.9 Å². The second-order valence-electron chi connectivity index (χ2n) is 9.10. The molecule has 1 aromatic heterocycles. The first kappa shape index (κ1) is 28.9. The van der Waals surface area contributed by atoms with E-state index in [9.17, 15) is 19.2 Å². The van der Waals surface area contributed by atoms with Gasteiger partial charge in [-0.3, -0.25) is 9.69 Å². The Kier molecular flexibility index (Phi) is 11.3. The second-order valence-corrected chi connectivity index (χ2v) is 10.7. The van der Waals surface area contributed by atoms with Crippen LogP contribution in [0.3, 0.4) is 0 Å². The number of nitrogens with one attached hydrogen (secondary N) is 1. The molecule has 1 aliphatic rings. The van der Waals surface area contributed by atoms with Crippen molar-refractivity contribution in [1.82, 2.24) is 10.2 Å². The third-order valence-electron chi connectivity index (χ3n) is 5.46. The highest BCUT2D eigenvalue weighted by molar-refractivity contribution is 8.14. The molecule has 0 aromatic carbocycles. The Balaban J connectivity index is 1.90. The zero-order valence-electron chi connectivity index (χ0n) is 21.0.